The number of anilines is 1. The minimum Gasteiger partial charge on any atom is -0.478 e. The molecule has 0 saturated carbocycles. The minimum absolute atomic E-state index is 0.186. The van der Waals surface area contributed by atoms with E-state index in [0.717, 1.165) is 10.9 Å². The summed E-state index contributed by atoms with van der Waals surface area (Å²) in [5, 5.41) is 9.18. The zero-order valence-corrected chi connectivity index (χ0v) is 11.2. The Morgan fingerprint density at radius 1 is 1.44 bits per heavy atom. The van der Waals surface area contributed by atoms with Gasteiger partial charge in [0.25, 0.3) is 0 Å². The van der Waals surface area contributed by atoms with Crippen LogP contribution in [-0.2, 0) is 4.79 Å². The minimum atomic E-state index is -1.01. The molecule has 3 N–H and O–H groups in total. The molecular weight excluding hydrogens is 300 g/mol. The molecule has 1 saturated heterocycles. The molecule has 1 aromatic rings. The summed E-state index contributed by atoms with van der Waals surface area (Å²) >= 11 is 3.31. The summed E-state index contributed by atoms with van der Waals surface area (Å²) in [5.74, 6) is -1.42. The number of aromatic carboxylic acids is 1. The van der Waals surface area contributed by atoms with Gasteiger partial charge in [-0.05, 0) is 31.0 Å². The molecule has 1 aliphatic heterocycles. The standard InChI is InChI=1S/C12H13BrN2O3/c13-7-3-4-8(12(17)18)10(6-7)15-5-1-2-9(15)11(14)16/h3-4,6,9H,1-2,5H2,(H2,14,16)(H,17,18). The predicted octanol–water partition coefficient (Wildman–Crippen LogP) is 1.60. The maximum absolute atomic E-state index is 11.4. The maximum atomic E-state index is 11.4. The van der Waals surface area contributed by atoms with Crippen LogP contribution in [0.25, 0.3) is 0 Å². The lowest BCUT2D eigenvalue weighted by molar-refractivity contribution is -0.119. The van der Waals surface area contributed by atoms with Gasteiger partial charge in [0.1, 0.15) is 6.04 Å². The fourth-order valence-electron chi connectivity index (χ4n) is 2.27. The van der Waals surface area contributed by atoms with Crippen molar-refractivity contribution in [1.29, 1.82) is 0 Å². The van der Waals surface area contributed by atoms with E-state index in [1.165, 1.54) is 6.07 Å². The molecule has 1 atom stereocenters. The first-order valence-electron chi connectivity index (χ1n) is 5.59. The maximum Gasteiger partial charge on any atom is 0.337 e. The van der Waals surface area contributed by atoms with Crippen LogP contribution in [0.3, 0.4) is 0 Å². The number of carbonyl (C=O) groups is 2. The third-order valence-corrected chi connectivity index (χ3v) is 3.57. The number of nitrogens with two attached hydrogens (primary N) is 1. The smallest absolute Gasteiger partial charge is 0.337 e. The van der Waals surface area contributed by atoms with E-state index in [1.54, 1.807) is 17.0 Å². The molecule has 1 aromatic carbocycles. The Labute approximate surface area is 113 Å². The van der Waals surface area contributed by atoms with E-state index in [-0.39, 0.29) is 5.56 Å². The Morgan fingerprint density at radius 2 is 2.17 bits per heavy atom. The van der Waals surface area contributed by atoms with Gasteiger partial charge >= 0.3 is 5.97 Å². The van der Waals surface area contributed by atoms with Crippen molar-refractivity contribution in [3.63, 3.8) is 0 Å². The Morgan fingerprint density at radius 3 is 2.78 bits per heavy atom. The van der Waals surface area contributed by atoms with Gasteiger partial charge in [0.15, 0.2) is 0 Å². The van der Waals surface area contributed by atoms with Gasteiger partial charge < -0.3 is 15.7 Å². The van der Waals surface area contributed by atoms with Gasteiger partial charge in [-0.25, -0.2) is 4.79 Å². The second-order valence-electron chi connectivity index (χ2n) is 4.22. The number of amides is 1. The average molecular weight is 313 g/mol. The van der Waals surface area contributed by atoms with E-state index < -0.39 is 17.9 Å². The summed E-state index contributed by atoms with van der Waals surface area (Å²) in [4.78, 5) is 24.4. The molecule has 5 nitrogen and oxygen atoms in total. The van der Waals surface area contributed by atoms with E-state index in [1.807, 2.05) is 0 Å². The molecule has 0 aromatic heterocycles. The topological polar surface area (TPSA) is 83.6 Å². The van der Waals surface area contributed by atoms with Gasteiger partial charge in [-0.15, -0.1) is 0 Å². The van der Waals surface area contributed by atoms with E-state index in [0.29, 0.717) is 18.7 Å². The Kier molecular flexibility index (Phi) is 3.56. The number of carboxylic acids is 1. The van der Waals surface area contributed by atoms with E-state index >= 15 is 0 Å². The molecular formula is C12H13BrN2O3. The fourth-order valence-corrected chi connectivity index (χ4v) is 2.62. The lowest BCUT2D eigenvalue weighted by atomic mass is 10.1. The summed E-state index contributed by atoms with van der Waals surface area (Å²) in [6.07, 6.45) is 1.50. The molecule has 0 aliphatic carbocycles. The highest BCUT2D eigenvalue weighted by Crippen LogP contribution is 2.31. The highest BCUT2D eigenvalue weighted by atomic mass is 79.9. The van der Waals surface area contributed by atoms with E-state index in [4.69, 9.17) is 5.73 Å². The van der Waals surface area contributed by atoms with Gasteiger partial charge in [-0.2, -0.15) is 0 Å². The molecule has 2 rings (SSSR count). The number of hydrogen-bond donors (Lipinski definition) is 2. The average Bonchev–Trinajstić information content (AvgIpc) is 2.77. The Hall–Kier alpha value is -1.56. The number of carboxylic acid groups (broad SMARTS) is 1. The predicted molar refractivity (Wildman–Crippen MR) is 70.7 cm³/mol. The highest BCUT2D eigenvalue weighted by molar-refractivity contribution is 9.10. The SMILES string of the molecule is NC(=O)C1CCCN1c1cc(Br)ccc1C(=O)O. The molecule has 1 amide bonds. The second kappa shape index (κ2) is 4.97. The second-order valence-corrected chi connectivity index (χ2v) is 5.14. The molecule has 1 heterocycles. The van der Waals surface area contributed by atoms with Gasteiger partial charge in [0, 0.05) is 11.0 Å². The number of carbonyl (C=O) groups excluding carboxylic acids is 1. The first-order valence-corrected chi connectivity index (χ1v) is 6.39. The summed E-state index contributed by atoms with van der Waals surface area (Å²) in [5.41, 5.74) is 6.08. The van der Waals surface area contributed by atoms with Crippen LogP contribution in [0.1, 0.15) is 23.2 Å². The van der Waals surface area contributed by atoms with Crippen molar-refractivity contribution in [2.75, 3.05) is 11.4 Å². The summed E-state index contributed by atoms with van der Waals surface area (Å²) in [6.45, 7) is 0.643. The summed E-state index contributed by atoms with van der Waals surface area (Å²) in [6, 6.07) is 4.49. The van der Waals surface area contributed by atoms with Crippen LogP contribution >= 0.6 is 15.9 Å². The molecule has 1 fully saturated rings. The molecule has 6 heteroatoms. The molecule has 18 heavy (non-hydrogen) atoms. The highest BCUT2D eigenvalue weighted by Gasteiger charge is 2.31. The van der Waals surface area contributed by atoms with Gasteiger partial charge in [-0.1, -0.05) is 15.9 Å². The van der Waals surface area contributed by atoms with Crippen LogP contribution < -0.4 is 10.6 Å². The lowest BCUT2D eigenvalue weighted by Crippen LogP contribution is -2.41. The third kappa shape index (κ3) is 2.33. The van der Waals surface area contributed by atoms with Gasteiger partial charge in [0.05, 0.1) is 11.3 Å². The molecule has 0 radical (unpaired) electrons. The van der Waals surface area contributed by atoms with Gasteiger partial charge in [-0.3, -0.25) is 4.79 Å². The van der Waals surface area contributed by atoms with Crippen molar-refractivity contribution in [2.24, 2.45) is 5.73 Å². The van der Waals surface area contributed by atoms with Crippen LogP contribution in [0.2, 0.25) is 0 Å². The Bertz CT molecular complexity index is 504. The van der Waals surface area contributed by atoms with Crippen molar-refractivity contribution in [2.45, 2.75) is 18.9 Å². The molecule has 0 spiro atoms. The van der Waals surface area contributed by atoms with Crippen molar-refractivity contribution in [1.82, 2.24) is 0 Å². The first kappa shape index (κ1) is 12.9. The lowest BCUT2D eigenvalue weighted by Gasteiger charge is -2.26. The number of primary amides is 1. The zero-order chi connectivity index (χ0) is 13.3. The zero-order valence-electron chi connectivity index (χ0n) is 9.60. The van der Waals surface area contributed by atoms with E-state index in [9.17, 15) is 14.7 Å². The third-order valence-electron chi connectivity index (χ3n) is 3.08. The van der Waals surface area contributed by atoms with Crippen LogP contribution in [0.5, 0.6) is 0 Å². The van der Waals surface area contributed by atoms with Crippen LogP contribution in [0, 0.1) is 0 Å². The Balaban J connectivity index is 2.46. The molecule has 0 bridgehead atoms. The quantitative estimate of drug-likeness (QED) is 0.888. The molecule has 96 valence electrons. The number of benzene rings is 1. The fraction of sp³-hybridized carbons (Fsp3) is 0.333. The van der Waals surface area contributed by atoms with E-state index in [2.05, 4.69) is 15.9 Å². The monoisotopic (exact) mass is 312 g/mol. The largest absolute Gasteiger partial charge is 0.478 e. The number of rotatable bonds is 3. The van der Waals surface area contributed by atoms with Crippen molar-refractivity contribution in [3.8, 4) is 0 Å². The molecule has 1 unspecified atom stereocenters. The van der Waals surface area contributed by atoms with Crippen LogP contribution in [0.15, 0.2) is 22.7 Å². The summed E-state index contributed by atoms with van der Waals surface area (Å²) < 4.78 is 0.776. The number of hydrogen-bond acceptors (Lipinski definition) is 3. The normalized spacial score (nSPS) is 18.9. The van der Waals surface area contributed by atoms with Gasteiger partial charge in [0.2, 0.25) is 5.91 Å². The van der Waals surface area contributed by atoms with Crippen molar-refractivity contribution in [3.05, 3.63) is 28.2 Å². The van der Waals surface area contributed by atoms with Crippen LogP contribution in [-0.4, -0.2) is 29.6 Å². The first-order chi connectivity index (χ1) is 8.50. The van der Waals surface area contributed by atoms with Crippen LogP contribution in [0.4, 0.5) is 5.69 Å². The van der Waals surface area contributed by atoms with Crippen molar-refractivity contribution >= 4 is 33.5 Å². The molecule has 1 aliphatic rings. The number of nitrogens with zero attached hydrogens (tertiary/aromatic N) is 1. The summed E-state index contributed by atoms with van der Waals surface area (Å²) in [7, 11) is 0. The van der Waals surface area contributed by atoms with Crippen molar-refractivity contribution < 1.29 is 14.7 Å². The number of halogens is 1.